The van der Waals surface area contributed by atoms with Gasteiger partial charge in [-0.2, -0.15) is 0 Å². The quantitative estimate of drug-likeness (QED) is 0.688. The van der Waals surface area contributed by atoms with Gasteiger partial charge in [0.25, 0.3) is 11.5 Å². The van der Waals surface area contributed by atoms with Crippen LogP contribution in [-0.2, 0) is 11.8 Å². The van der Waals surface area contributed by atoms with Crippen molar-refractivity contribution in [1.82, 2.24) is 14.5 Å². The van der Waals surface area contributed by atoms with Crippen LogP contribution in [0.4, 0.5) is 0 Å². The fraction of sp³-hybridized carbons (Fsp3) is 0.400. The Balaban J connectivity index is 3.18. The summed E-state index contributed by atoms with van der Waals surface area (Å²) < 4.78 is 0.752. The van der Waals surface area contributed by atoms with Gasteiger partial charge in [0.1, 0.15) is 12.1 Å². The number of carboxylic acids is 1. The zero-order valence-electron chi connectivity index (χ0n) is 9.97. The van der Waals surface area contributed by atoms with E-state index in [1.807, 2.05) is 0 Å². The topological polar surface area (TPSA) is 112 Å². The lowest BCUT2D eigenvalue weighted by molar-refractivity contribution is -0.137. The molecule has 2 N–H and O–H groups in total. The van der Waals surface area contributed by atoms with Crippen LogP contribution in [-0.4, -0.2) is 44.5 Å². The summed E-state index contributed by atoms with van der Waals surface area (Å²) in [4.78, 5) is 48.5. The maximum atomic E-state index is 11.9. The van der Waals surface area contributed by atoms with Crippen molar-refractivity contribution in [1.29, 1.82) is 0 Å². The van der Waals surface area contributed by atoms with Crippen LogP contribution in [0.5, 0.6) is 0 Å². The molecule has 0 spiro atoms. The van der Waals surface area contributed by atoms with E-state index in [2.05, 4.69) is 4.98 Å². The molecule has 0 radical (unpaired) electrons. The Labute approximate surface area is 101 Å². The Bertz CT molecular complexity index is 586. The third kappa shape index (κ3) is 2.65. The monoisotopic (exact) mass is 255 g/mol. The van der Waals surface area contributed by atoms with E-state index < -0.39 is 29.7 Å². The van der Waals surface area contributed by atoms with Gasteiger partial charge < -0.3 is 15.0 Å². The Hall–Kier alpha value is -2.38. The van der Waals surface area contributed by atoms with Gasteiger partial charge in [0.2, 0.25) is 0 Å². The second-order valence-electron chi connectivity index (χ2n) is 3.58. The Kier molecular flexibility index (Phi) is 4.03. The van der Waals surface area contributed by atoms with Crippen LogP contribution in [0.25, 0.3) is 0 Å². The number of carbonyl (C=O) groups is 2. The molecule has 0 aliphatic heterocycles. The van der Waals surface area contributed by atoms with Gasteiger partial charge in [-0.05, 0) is 6.92 Å². The van der Waals surface area contributed by atoms with Crippen molar-refractivity contribution >= 4 is 11.9 Å². The number of aliphatic carboxylic acids is 1. The van der Waals surface area contributed by atoms with E-state index in [9.17, 15) is 19.2 Å². The molecule has 0 aliphatic rings. The maximum Gasteiger partial charge on any atom is 0.328 e. The Morgan fingerprint density at radius 2 is 2.06 bits per heavy atom. The number of aromatic nitrogens is 2. The third-order valence-corrected chi connectivity index (χ3v) is 2.41. The smallest absolute Gasteiger partial charge is 0.328 e. The first-order chi connectivity index (χ1) is 8.38. The Morgan fingerprint density at radius 1 is 1.44 bits per heavy atom. The highest BCUT2D eigenvalue weighted by Gasteiger charge is 2.20. The summed E-state index contributed by atoms with van der Waals surface area (Å²) in [6.07, 6.45) is 0.998. The Morgan fingerprint density at radius 3 is 2.56 bits per heavy atom. The van der Waals surface area contributed by atoms with Crippen LogP contribution in [0.1, 0.15) is 17.3 Å². The van der Waals surface area contributed by atoms with E-state index in [-0.39, 0.29) is 12.1 Å². The second-order valence-corrected chi connectivity index (χ2v) is 3.58. The molecular weight excluding hydrogens is 242 g/mol. The van der Waals surface area contributed by atoms with Crippen LogP contribution >= 0.6 is 0 Å². The van der Waals surface area contributed by atoms with Gasteiger partial charge in [0.15, 0.2) is 0 Å². The number of hydrogen-bond donors (Lipinski definition) is 2. The van der Waals surface area contributed by atoms with Crippen LogP contribution in [0, 0.1) is 0 Å². The van der Waals surface area contributed by atoms with Gasteiger partial charge in [-0.1, -0.05) is 0 Å². The molecule has 0 bridgehead atoms. The number of aromatic amines is 1. The number of amides is 1. The van der Waals surface area contributed by atoms with Crippen molar-refractivity contribution < 1.29 is 14.7 Å². The highest BCUT2D eigenvalue weighted by molar-refractivity contribution is 5.95. The van der Waals surface area contributed by atoms with E-state index in [1.54, 1.807) is 6.92 Å². The first-order valence-corrected chi connectivity index (χ1v) is 5.18. The summed E-state index contributed by atoms with van der Waals surface area (Å²) in [7, 11) is 1.23. The molecule has 98 valence electrons. The van der Waals surface area contributed by atoms with Gasteiger partial charge in [-0.25, -0.2) is 4.79 Å². The molecule has 1 amide bonds. The molecule has 8 heteroatoms. The maximum absolute atomic E-state index is 11.9. The summed E-state index contributed by atoms with van der Waals surface area (Å²) in [5.41, 5.74) is -1.66. The fourth-order valence-electron chi connectivity index (χ4n) is 1.38. The molecule has 0 aliphatic carbocycles. The van der Waals surface area contributed by atoms with Crippen molar-refractivity contribution in [3.63, 3.8) is 0 Å². The van der Waals surface area contributed by atoms with E-state index in [4.69, 9.17) is 5.11 Å². The number of nitrogens with one attached hydrogen (secondary N) is 1. The van der Waals surface area contributed by atoms with Crippen LogP contribution in [0.2, 0.25) is 0 Å². The first kappa shape index (κ1) is 13.7. The largest absolute Gasteiger partial charge is 0.480 e. The molecular formula is C10H13N3O5. The van der Waals surface area contributed by atoms with Crippen molar-refractivity contribution in [2.45, 2.75) is 6.92 Å². The molecule has 1 aromatic heterocycles. The van der Waals surface area contributed by atoms with Crippen LogP contribution < -0.4 is 11.2 Å². The minimum Gasteiger partial charge on any atom is -0.480 e. The number of rotatable bonds is 4. The molecule has 0 aromatic carbocycles. The summed E-state index contributed by atoms with van der Waals surface area (Å²) in [6.45, 7) is 1.24. The van der Waals surface area contributed by atoms with E-state index in [0.717, 1.165) is 15.7 Å². The first-order valence-electron chi connectivity index (χ1n) is 5.18. The third-order valence-electron chi connectivity index (χ3n) is 2.41. The molecule has 1 aromatic rings. The molecule has 1 rings (SSSR count). The number of likely N-dealkylation sites (N-methyl/N-ethyl adjacent to an activating group) is 1. The highest BCUT2D eigenvalue weighted by atomic mass is 16.4. The lowest BCUT2D eigenvalue weighted by Gasteiger charge is -2.17. The van der Waals surface area contributed by atoms with Crippen LogP contribution in [0.15, 0.2) is 15.8 Å². The highest BCUT2D eigenvalue weighted by Crippen LogP contribution is 1.97. The van der Waals surface area contributed by atoms with Gasteiger partial charge in [0, 0.05) is 19.8 Å². The number of carbonyl (C=O) groups excluding carboxylic acids is 1. The fourth-order valence-corrected chi connectivity index (χ4v) is 1.38. The van der Waals surface area contributed by atoms with Crippen molar-refractivity contribution in [3.05, 3.63) is 32.6 Å². The van der Waals surface area contributed by atoms with Crippen molar-refractivity contribution in [2.24, 2.45) is 7.05 Å². The normalized spacial score (nSPS) is 10.1. The minimum absolute atomic E-state index is 0.146. The van der Waals surface area contributed by atoms with Gasteiger partial charge in [-0.15, -0.1) is 0 Å². The van der Waals surface area contributed by atoms with Crippen molar-refractivity contribution in [3.8, 4) is 0 Å². The molecule has 18 heavy (non-hydrogen) atoms. The number of H-pyrrole nitrogens is 1. The second kappa shape index (κ2) is 5.30. The summed E-state index contributed by atoms with van der Waals surface area (Å²) in [5.74, 6) is -1.90. The number of hydrogen-bond acceptors (Lipinski definition) is 4. The molecule has 0 atom stereocenters. The predicted molar refractivity (Wildman–Crippen MR) is 61.5 cm³/mol. The zero-order chi connectivity index (χ0) is 13.9. The van der Waals surface area contributed by atoms with E-state index >= 15 is 0 Å². The summed E-state index contributed by atoms with van der Waals surface area (Å²) >= 11 is 0. The van der Waals surface area contributed by atoms with Crippen molar-refractivity contribution in [2.75, 3.05) is 13.1 Å². The SMILES string of the molecule is CCN(CC(=O)O)C(=O)c1c[nH]c(=O)n(C)c1=O. The number of carboxylic acid groups (broad SMARTS) is 1. The van der Waals surface area contributed by atoms with Gasteiger partial charge in [0.05, 0.1) is 0 Å². The molecule has 0 saturated carbocycles. The molecule has 0 unspecified atom stereocenters. The average molecular weight is 255 g/mol. The van der Waals surface area contributed by atoms with Gasteiger partial charge >= 0.3 is 11.7 Å². The van der Waals surface area contributed by atoms with Crippen LogP contribution in [0.3, 0.4) is 0 Å². The van der Waals surface area contributed by atoms with Gasteiger partial charge in [-0.3, -0.25) is 19.0 Å². The summed E-state index contributed by atoms with van der Waals surface area (Å²) in [6, 6.07) is 0. The van der Waals surface area contributed by atoms with E-state index in [1.165, 1.54) is 7.05 Å². The molecule has 0 saturated heterocycles. The molecule has 0 fully saturated rings. The zero-order valence-corrected chi connectivity index (χ0v) is 9.97. The standard InChI is InChI=1S/C10H13N3O5/c1-3-13(5-7(14)15)9(17)6-4-11-10(18)12(2)8(6)16/h4H,3,5H2,1-2H3,(H,11,18)(H,14,15). The predicted octanol–water partition coefficient (Wildman–Crippen LogP) is -1.38. The van der Waals surface area contributed by atoms with E-state index in [0.29, 0.717) is 0 Å². The molecule has 1 heterocycles. The lowest BCUT2D eigenvalue weighted by Crippen LogP contribution is -2.42. The lowest BCUT2D eigenvalue weighted by atomic mass is 10.3. The molecule has 8 nitrogen and oxygen atoms in total. The number of nitrogens with zero attached hydrogens (tertiary/aromatic N) is 2. The minimum atomic E-state index is -1.17. The summed E-state index contributed by atoms with van der Waals surface area (Å²) in [5, 5.41) is 8.64. The average Bonchev–Trinajstić information content (AvgIpc) is 2.32.